The number of hydrogen-bond donors (Lipinski definition) is 0. The first kappa shape index (κ1) is 14.2. The summed E-state index contributed by atoms with van der Waals surface area (Å²) in [6.45, 7) is 1.87. The minimum atomic E-state index is -0.799. The van der Waals surface area contributed by atoms with Gasteiger partial charge in [0.2, 0.25) is 0 Å². The molecule has 0 bridgehead atoms. The van der Waals surface area contributed by atoms with E-state index in [1.807, 2.05) is 13.0 Å². The van der Waals surface area contributed by atoms with Gasteiger partial charge in [-0.2, -0.15) is 0 Å². The highest BCUT2D eigenvalue weighted by molar-refractivity contribution is 6.37. The summed E-state index contributed by atoms with van der Waals surface area (Å²) in [5.74, 6) is 0. The fourth-order valence-corrected chi connectivity index (χ4v) is 2.63. The van der Waals surface area contributed by atoms with Crippen molar-refractivity contribution >= 4 is 28.3 Å². The molecule has 3 rings (SSSR count). The van der Waals surface area contributed by atoms with E-state index in [0.717, 1.165) is 5.56 Å². The predicted octanol–water partition coefficient (Wildman–Crippen LogP) is 3.26. The van der Waals surface area contributed by atoms with Crippen molar-refractivity contribution in [1.82, 2.24) is 9.55 Å². The Labute approximate surface area is 129 Å². The molecule has 0 aliphatic carbocycles. The van der Waals surface area contributed by atoms with Crippen LogP contribution in [0.2, 0.25) is 5.02 Å². The zero-order chi connectivity index (χ0) is 15.9. The SMILES string of the molecule is Cc1cccc(-n2c(=O)c([N+](=O)[O-])c(Cl)c3cccnc32)c1. The lowest BCUT2D eigenvalue weighted by Crippen LogP contribution is -2.23. The minimum absolute atomic E-state index is 0.193. The molecule has 2 heterocycles. The minimum Gasteiger partial charge on any atom is -0.261 e. The summed E-state index contributed by atoms with van der Waals surface area (Å²) in [6.07, 6.45) is 1.51. The Hall–Kier alpha value is -2.73. The topological polar surface area (TPSA) is 78.0 Å². The maximum Gasteiger partial charge on any atom is 0.353 e. The van der Waals surface area contributed by atoms with E-state index in [2.05, 4.69) is 4.98 Å². The fraction of sp³-hybridized carbons (Fsp3) is 0.0667. The molecule has 22 heavy (non-hydrogen) atoms. The number of nitro groups is 1. The smallest absolute Gasteiger partial charge is 0.261 e. The van der Waals surface area contributed by atoms with Gasteiger partial charge in [-0.15, -0.1) is 0 Å². The monoisotopic (exact) mass is 315 g/mol. The van der Waals surface area contributed by atoms with E-state index in [9.17, 15) is 14.9 Å². The Bertz CT molecular complexity index is 966. The molecule has 1 aromatic carbocycles. The molecular weight excluding hydrogens is 306 g/mol. The summed E-state index contributed by atoms with van der Waals surface area (Å²) in [6, 6.07) is 10.3. The van der Waals surface area contributed by atoms with Gasteiger partial charge in [-0.25, -0.2) is 4.98 Å². The van der Waals surface area contributed by atoms with Crippen LogP contribution in [0, 0.1) is 17.0 Å². The Morgan fingerprint density at radius 1 is 1.27 bits per heavy atom. The highest BCUT2D eigenvalue weighted by Gasteiger charge is 2.25. The van der Waals surface area contributed by atoms with E-state index >= 15 is 0 Å². The van der Waals surface area contributed by atoms with Crippen molar-refractivity contribution < 1.29 is 4.92 Å². The molecule has 0 saturated carbocycles. The third kappa shape index (κ3) is 2.14. The van der Waals surface area contributed by atoms with Gasteiger partial charge in [0.25, 0.3) is 0 Å². The number of hydrogen-bond acceptors (Lipinski definition) is 4. The van der Waals surface area contributed by atoms with E-state index in [4.69, 9.17) is 11.6 Å². The number of aromatic nitrogens is 2. The van der Waals surface area contributed by atoms with Crippen LogP contribution in [0.3, 0.4) is 0 Å². The van der Waals surface area contributed by atoms with Crippen LogP contribution in [0.15, 0.2) is 47.4 Å². The summed E-state index contributed by atoms with van der Waals surface area (Å²) in [7, 11) is 0. The molecule has 110 valence electrons. The quantitative estimate of drug-likeness (QED) is 0.537. The summed E-state index contributed by atoms with van der Waals surface area (Å²) >= 11 is 6.04. The molecule has 0 atom stereocenters. The standard InChI is InChI=1S/C15H10ClN3O3/c1-9-4-2-5-10(8-9)18-14-11(6-3-7-17-14)12(16)13(15(18)20)19(21)22/h2-8H,1H3. The number of fused-ring (bicyclic) bond motifs is 1. The Morgan fingerprint density at radius 2 is 2.05 bits per heavy atom. The molecule has 0 saturated heterocycles. The van der Waals surface area contributed by atoms with Gasteiger partial charge in [0, 0.05) is 11.6 Å². The number of benzene rings is 1. The number of halogens is 1. The normalized spacial score (nSPS) is 10.8. The molecule has 0 aliphatic rings. The fourth-order valence-electron chi connectivity index (χ4n) is 2.33. The lowest BCUT2D eigenvalue weighted by atomic mass is 10.2. The molecule has 6 nitrogen and oxygen atoms in total. The van der Waals surface area contributed by atoms with Crippen molar-refractivity contribution in [1.29, 1.82) is 0 Å². The largest absolute Gasteiger partial charge is 0.353 e. The van der Waals surface area contributed by atoms with Gasteiger partial charge in [0.05, 0.1) is 10.6 Å². The second-order valence-electron chi connectivity index (χ2n) is 4.77. The van der Waals surface area contributed by atoms with Gasteiger partial charge < -0.3 is 0 Å². The lowest BCUT2D eigenvalue weighted by molar-refractivity contribution is -0.386. The number of nitrogens with zero attached hydrogens (tertiary/aromatic N) is 3. The van der Waals surface area contributed by atoms with E-state index in [0.29, 0.717) is 11.1 Å². The molecule has 0 fully saturated rings. The summed E-state index contributed by atoms with van der Waals surface area (Å²) in [4.78, 5) is 27.2. The van der Waals surface area contributed by atoms with Gasteiger partial charge >= 0.3 is 11.2 Å². The number of rotatable bonds is 2. The predicted molar refractivity (Wildman–Crippen MR) is 83.7 cm³/mol. The molecule has 0 N–H and O–H groups in total. The van der Waals surface area contributed by atoms with Gasteiger partial charge in [-0.05, 0) is 36.8 Å². The van der Waals surface area contributed by atoms with E-state index < -0.39 is 16.2 Å². The van der Waals surface area contributed by atoms with Crippen molar-refractivity contribution in [2.75, 3.05) is 0 Å². The molecule has 3 aromatic rings. The van der Waals surface area contributed by atoms with Crippen molar-refractivity contribution in [3.05, 3.63) is 73.6 Å². The third-order valence-electron chi connectivity index (χ3n) is 3.29. The molecule has 0 aliphatic heterocycles. The Morgan fingerprint density at radius 3 is 2.73 bits per heavy atom. The zero-order valence-electron chi connectivity index (χ0n) is 11.5. The first-order valence-electron chi connectivity index (χ1n) is 6.41. The van der Waals surface area contributed by atoms with Gasteiger partial charge in [0.1, 0.15) is 10.7 Å². The number of pyridine rings is 2. The molecule has 0 amide bonds. The first-order valence-corrected chi connectivity index (χ1v) is 6.79. The molecule has 2 aromatic heterocycles. The van der Waals surface area contributed by atoms with E-state index in [-0.39, 0.29) is 10.7 Å². The highest BCUT2D eigenvalue weighted by Crippen LogP contribution is 2.29. The maximum atomic E-state index is 12.6. The first-order chi connectivity index (χ1) is 10.5. The molecule has 0 radical (unpaired) electrons. The summed E-state index contributed by atoms with van der Waals surface area (Å²) < 4.78 is 1.21. The summed E-state index contributed by atoms with van der Waals surface area (Å²) in [5, 5.41) is 11.4. The number of aryl methyl sites for hydroxylation is 1. The van der Waals surface area contributed by atoms with Gasteiger partial charge in [-0.3, -0.25) is 19.5 Å². The zero-order valence-corrected chi connectivity index (χ0v) is 12.2. The van der Waals surface area contributed by atoms with Crippen LogP contribution in [0.5, 0.6) is 0 Å². The Balaban J connectivity index is 2.53. The third-order valence-corrected chi connectivity index (χ3v) is 3.67. The van der Waals surface area contributed by atoms with Crippen LogP contribution >= 0.6 is 11.6 Å². The molecule has 0 spiro atoms. The van der Waals surface area contributed by atoms with Crippen LogP contribution in [0.4, 0.5) is 5.69 Å². The highest BCUT2D eigenvalue weighted by atomic mass is 35.5. The Kier molecular flexibility index (Phi) is 3.38. The van der Waals surface area contributed by atoms with Crippen LogP contribution in [0.1, 0.15) is 5.56 Å². The molecule has 7 heteroatoms. The van der Waals surface area contributed by atoms with Crippen LogP contribution < -0.4 is 5.56 Å². The summed E-state index contributed by atoms with van der Waals surface area (Å²) in [5.41, 5.74) is 0.267. The molecular formula is C15H10ClN3O3. The van der Waals surface area contributed by atoms with Gasteiger partial charge in [-0.1, -0.05) is 23.7 Å². The second kappa shape index (κ2) is 5.23. The average molecular weight is 316 g/mol. The average Bonchev–Trinajstić information content (AvgIpc) is 2.47. The van der Waals surface area contributed by atoms with Gasteiger partial charge in [0.15, 0.2) is 0 Å². The second-order valence-corrected chi connectivity index (χ2v) is 5.15. The van der Waals surface area contributed by atoms with Crippen LogP contribution in [-0.4, -0.2) is 14.5 Å². The van der Waals surface area contributed by atoms with E-state index in [1.165, 1.54) is 10.8 Å². The van der Waals surface area contributed by atoms with Crippen molar-refractivity contribution in [3.8, 4) is 5.69 Å². The van der Waals surface area contributed by atoms with Crippen molar-refractivity contribution in [2.24, 2.45) is 0 Å². The lowest BCUT2D eigenvalue weighted by Gasteiger charge is -2.11. The van der Waals surface area contributed by atoms with Crippen molar-refractivity contribution in [3.63, 3.8) is 0 Å². The molecule has 0 unspecified atom stereocenters. The van der Waals surface area contributed by atoms with Crippen molar-refractivity contribution in [2.45, 2.75) is 6.92 Å². The van der Waals surface area contributed by atoms with Crippen LogP contribution in [-0.2, 0) is 0 Å². The van der Waals surface area contributed by atoms with Crippen LogP contribution in [0.25, 0.3) is 16.7 Å². The maximum absolute atomic E-state index is 12.6. The van der Waals surface area contributed by atoms with E-state index in [1.54, 1.807) is 30.3 Å².